The lowest BCUT2D eigenvalue weighted by molar-refractivity contribution is -0.511. The molecule has 0 aliphatic heterocycles. The number of carbonyl (C=O) groups is 2. The van der Waals surface area contributed by atoms with E-state index in [1.54, 1.807) is 0 Å². The van der Waals surface area contributed by atoms with Gasteiger partial charge in [0.2, 0.25) is 0 Å². The quantitative estimate of drug-likeness (QED) is 0.0348. The molecule has 2 atom stereocenters. The molecule has 58 heavy (non-hydrogen) atoms. The lowest BCUT2D eigenvalue weighted by Gasteiger charge is -2.05. The van der Waals surface area contributed by atoms with Gasteiger partial charge in [-0.15, -0.1) is 0 Å². The number of nitrogens with zero attached hydrogens (tertiary/aromatic N) is 2. The summed E-state index contributed by atoms with van der Waals surface area (Å²) in [5.74, 6) is -2.62. The van der Waals surface area contributed by atoms with Gasteiger partial charge >= 0.3 is 24.0 Å². The number of carboxylic acids is 2. The van der Waals surface area contributed by atoms with Crippen LogP contribution in [0.2, 0.25) is 0 Å². The molecule has 0 rings (SSSR count). The van der Waals surface area contributed by atoms with Gasteiger partial charge in [0.15, 0.2) is 0 Å². The smallest absolute Gasteiger partial charge is 0.379 e. The van der Waals surface area contributed by atoms with E-state index in [0.717, 1.165) is 38.5 Å². The molecule has 344 valence electrons. The fourth-order valence-electron chi connectivity index (χ4n) is 7.82. The first-order chi connectivity index (χ1) is 28.2. The molecule has 0 aromatic heterocycles. The summed E-state index contributed by atoms with van der Waals surface area (Å²) >= 11 is 0. The van der Waals surface area contributed by atoms with Crippen molar-refractivity contribution in [3.05, 3.63) is 20.2 Å². The van der Waals surface area contributed by atoms with E-state index in [1.165, 1.54) is 205 Å². The van der Waals surface area contributed by atoms with Gasteiger partial charge in [-0.05, 0) is 12.8 Å². The largest absolute Gasteiger partial charge is 0.476 e. The highest BCUT2D eigenvalue weighted by molar-refractivity contribution is 5.72. The highest BCUT2D eigenvalue weighted by Gasteiger charge is 2.28. The van der Waals surface area contributed by atoms with Gasteiger partial charge in [-0.1, -0.05) is 258 Å². The second kappa shape index (κ2) is 47.4. The molecule has 0 radical (unpaired) electrons. The first kappa shape index (κ1) is 57.8. The van der Waals surface area contributed by atoms with Crippen LogP contribution in [0.5, 0.6) is 0 Å². The summed E-state index contributed by atoms with van der Waals surface area (Å²) in [6.07, 6.45) is 51.9. The minimum absolute atomic E-state index is 0.154. The number of hydrogen-bond acceptors (Lipinski definition) is 6. The first-order valence-electron chi connectivity index (χ1n) is 24.9. The third-order valence-corrected chi connectivity index (χ3v) is 11.7. The second-order valence-electron chi connectivity index (χ2n) is 17.3. The molecule has 0 aromatic carbocycles. The molecule has 2 unspecified atom stereocenters. The first-order valence-corrected chi connectivity index (χ1v) is 24.9. The lowest BCUT2D eigenvalue weighted by Crippen LogP contribution is -2.28. The molecule has 0 aliphatic rings. The molecule has 0 heterocycles. The molecule has 0 fully saturated rings. The summed E-state index contributed by atoms with van der Waals surface area (Å²) < 4.78 is 0. The second-order valence-corrected chi connectivity index (χ2v) is 17.3. The molecule has 10 heteroatoms. The van der Waals surface area contributed by atoms with Crippen molar-refractivity contribution in [1.82, 2.24) is 0 Å². The van der Waals surface area contributed by atoms with Crippen molar-refractivity contribution in [2.75, 3.05) is 0 Å². The van der Waals surface area contributed by atoms with E-state index >= 15 is 0 Å². The molecule has 0 bridgehead atoms. The Hall–Kier alpha value is -2.26. The number of aliphatic carboxylic acids is 2. The van der Waals surface area contributed by atoms with E-state index in [0.29, 0.717) is 12.8 Å². The number of unbranched alkanes of at least 4 members (excludes halogenated alkanes) is 38. The molecular formula is C48H94N2O8. The van der Waals surface area contributed by atoms with E-state index < -0.39 is 33.9 Å². The summed E-state index contributed by atoms with van der Waals surface area (Å²) in [5, 5.41) is 38.7. The Labute approximate surface area is 356 Å². The Balaban J connectivity index is 0. The lowest BCUT2D eigenvalue weighted by atomic mass is 10.0. The zero-order chi connectivity index (χ0) is 43.2. The van der Waals surface area contributed by atoms with Gasteiger partial charge < -0.3 is 10.2 Å². The summed E-state index contributed by atoms with van der Waals surface area (Å²) in [6, 6.07) is -2.85. The molecule has 0 aromatic rings. The number of hydrogen-bond donors (Lipinski definition) is 2. The van der Waals surface area contributed by atoms with E-state index in [9.17, 15) is 29.8 Å². The van der Waals surface area contributed by atoms with Crippen LogP contribution in [0.4, 0.5) is 0 Å². The maximum Gasteiger partial charge on any atom is 0.379 e. The van der Waals surface area contributed by atoms with Crippen molar-refractivity contribution in [2.24, 2.45) is 0 Å². The monoisotopic (exact) mass is 827 g/mol. The van der Waals surface area contributed by atoms with Crippen LogP contribution in [0.25, 0.3) is 0 Å². The Morgan fingerprint density at radius 3 is 0.586 bits per heavy atom. The molecule has 0 saturated carbocycles. The van der Waals surface area contributed by atoms with Crippen LogP contribution >= 0.6 is 0 Å². The Bertz CT molecular complexity index is 818. The van der Waals surface area contributed by atoms with Crippen molar-refractivity contribution in [3.8, 4) is 0 Å². The Morgan fingerprint density at radius 1 is 0.328 bits per heavy atom. The Kier molecular flexibility index (Phi) is 47.3. The number of rotatable bonds is 46. The molecule has 0 saturated heterocycles. The molecule has 0 amide bonds. The van der Waals surface area contributed by atoms with Crippen molar-refractivity contribution >= 4 is 11.9 Å². The van der Waals surface area contributed by atoms with E-state index in [-0.39, 0.29) is 12.8 Å². The maximum atomic E-state index is 10.7. The van der Waals surface area contributed by atoms with Gasteiger partial charge in [-0.2, -0.15) is 0 Å². The van der Waals surface area contributed by atoms with Gasteiger partial charge in [0.25, 0.3) is 0 Å². The third kappa shape index (κ3) is 44.8. The van der Waals surface area contributed by atoms with Crippen LogP contribution in [-0.4, -0.2) is 44.1 Å². The summed E-state index contributed by atoms with van der Waals surface area (Å²) in [5.41, 5.74) is 0. The van der Waals surface area contributed by atoms with Crippen LogP contribution in [0.1, 0.15) is 284 Å². The topological polar surface area (TPSA) is 161 Å². The van der Waals surface area contributed by atoms with Crippen LogP contribution in [-0.2, 0) is 9.59 Å². The van der Waals surface area contributed by atoms with Crippen LogP contribution < -0.4 is 0 Å². The van der Waals surface area contributed by atoms with Gasteiger partial charge in [-0.25, -0.2) is 9.59 Å². The average molecular weight is 827 g/mol. The van der Waals surface area contributed by atoms with Crippen LogP contribution in [0.3, 0.4) is 0 Å². The van der Waals surface area contributed by atoms with Gasteiger partial charge in [0.05, 0.1) is 0 Å². The van der Waals surface area contributed by atoms with Crippen LogP contribution in [0, 0.1) is 20.2 Å². The van der Waals surface area contributed by atoms with Gasteiger partial charge in [-0.3, -0.25) is 20.2 Å². The van der Waals surface area contributed by atoms with Crippen molar-refractivity contribution in [3.63, 3.8) is 0 Å². The number of nitro groups is 2. The zero-order valence-electron chi connectivity index (χ0n) is 38.1. The van der Waals surface area contributed by atoms with Crippen molar-refractivity contribution < 1.29 is 29.6 Å². The highest BCUT2D eigenvalue weighted by Crippen LogP contribution is 2.18. The normalized spacial score (nSPS) is 12.2. The Morgan fingerprint density at radius 2 is 0.466 bits per heavy atom. The predicted molar refractivity (Wildman–Crippen MR) is 242 cm³/mol. The van der Waals surface area contributed by atoms with E-state index in [2.05, 4.69) is 13.8 Å². The molecule has 0 spiro atoms. The standard InChI is InChI=1S/2C24H47NO4/c2*1-2-3-4-5-6-7-8-9-10-11-12-13-14-15-16-17-18-19-20-21-22-23(24(26)27)25(28)29/h2*23H,2-22H2,1H3,(H,26,27). The summed E-state index contributed by atoms with van der Waals surface area (Å²) in [6.45, 7) is 4.54. The zero-order valence-corrected chi connectivity index (χ0v) is 38.1. The third-order valence-electron chi connectivity index (χ3n) is 11.7. The fraction of sp³-hybridized carbons (Fsp3) is 0.958. The SMILES string of the molecule is CCCCCCCCCCCCCCCCCCCCCCC(C(=O)O)[N+](=O)[O-].CCCCCCCCCCCCCCCCCCCCCCC(C(=O)O)[N+](=O)[O-]. The highest BCUT2D eigenvalue weighted by atomic mass is 16.6. The molecule has 2 N–H and O–H groups in total. The number of carboxylic acid groups (broad SMARTS) is 2. The van der Waals surface area contributed by atoms with Crippen LogP contribution in [0.15, 0.2) is 0 Å². The predicted octanol–water partition coefficient (Wildman–Crippen LogP) is 15.9. The summed E-state index contributed by atoms with van der Waals surface area (Å²) in [4.78, 5) is 41.3. The molecule has 10 nitrogen and oxygen atoms in total. The fourth-order valence-corrected chi connectivity index (χ4v) is 7.82. The average Bonchev–Trinajstić information content (AvgIpc) is 3.18. The van der Waals surface area contributed by atoms with Crippen molar-refractivity contribution in [1.29, 1.82) is 0 Å². The maximum absolute atomic E-state index is 10.7. The van der Waals surface area contributed by atoms with Crippen molar-refractivity contribution in [2.45, 2.75) is 296 Å². The van der Waals surface area contributed by atoms with E-state index in [1.807, 2.05) is 0 Å². The molecule has 0 aliphatic carbocycles. The van der Waals surface area contributed by atoms with Gasteiger partial charge in [0, 0.05) is 22.7 Å². The summed E-state index contributed by atoms with van der Waals surface area (Å²) in [7, 11) is 0. The minimum atomic E-state index is -1.43. The minimum Gasteiger partial charge on any atom is -0.476 e. The molecular weight excluding hydrogens is 733 g/mol. The van der Waals surface area contributed by atoms with E-state index in [4.69, 9.17) is 10.2 Å². The van der Waals surface area contributed by atoms with Gasteiger partial charge in [0.1, 0.15) is 0 Å².